The maximum absolute atomic E-state index is 13.8. The van der Waals surface area contributed by atoms with Crippen LogP contribution in [0.15, 0.2) is 71.7 Å². The molecule has 0 saturated heterocycles. The van der Waals surface area contributed by atoms with Crippen molar-refractivity contribution in [3.63, 3.8) is 0 Å². The lowest BCUT2D eigenvalue weighted by Crippen LogP contribution is -2.29. The Labute approximate surface area is 144 Å². The molecule has 0 unspecified atom stereocenters. The maximum atomic E-state index is 13.8. The number of halogens is 1. The number of pyridine rings is 1. The molecule has 4 nitrogen and oxygen atoms in total. The van der Waals surface area contributed by atoms with Gasteiger partial charge in [-0.1, -0.05) is 30.3 Å². The zero-order valence-electron chi connectivity index (χ0n) is 13.7. The molecule has 1 aromatic heterocycles. The van der Waals surface area contributed by atoms with Crippen LogP contribution in [0.5, 0.6) is 0 Å². The first-order valence-electron chi connectivity index (χ1n) is 7.85. The number of anilines is 1. The summed E-state index contributed by atoms with van der Waals surface area (Å²) < 4.78 is 15.1. The van der Waals surface area contributed by atoms with E-state index in [2.05, 4.69) is 5.32 Å². The Bertz CT molecular complexity index is 979. The molecular weight excluding hydrogens is 319 g/mol. The standard InChI is InChI=1S/C20H17FN2O2/c1-14-6-4-8-16(12-14)22-19(24)17-9-5-11-23(20(17)25)13-15-7-2-3-10-18(15)21/h2-12H,13H2,1H3,(H,22,24). The van der Waals surface area contributed by atoms with Crippen LogP contribution >= 0.6 is 0 Å². The molecule has 0 aliphatic carbocycles. The lowest BCUT2D eigenvalue weighted by Gasteiger charge is -2.10. The molecule has 1 N–H and O–H groups in total. The van der Waals surface area contributed by atoms with Crippen molar-refractivity contribution < 1.29 is 9.18 Å². The molecule has 25 heavy (non-hydrogen) atoms. The van der Waals surface area contributed by atoms with Crippen molar-refractivity contribution in [2.75, 3.05) is 5.32 Å². The Morgan fingerprint density at radius 1 is 1.08 bits per heavy atom. The zero-order chi connectivity index (χ0) is 17.8. The van der Waals surface area contributed by atoms with Gasteiger partial charge in [0.1, 0.15) is 11.4 Å². The average molecular weight is 336 g/mol. The molecule has 2 aromatic carbocycles. The smallest absolute Gasteiger partial charge is 0.263 e. The van der Waals surface area contributed by atoms with Crippen LogP contribution in [0.4, 0.5) is 10.1 Å². The summed E-state index contributed by atoms with van der Waals surface area (Å²) in [6.07, 6.45) is 1.54. The molecule has 3 rings (SSSR count). The Morgan fingerprint density at radius 2 is 1.88 bits per heavy atom. The number of aromatic nitrogens is 1. The normalized spacial score (nSPS) is 10.5. The van der Waals surface area contributed by atoms with Crippen LogP contribution in [-0.2, 0) is 6.54 Å². The van der Waals surface area contributed by atoms with Crippen molar-refractivity contribution in [3.05, 3.63) is 99.7 Å². The minimum atomic E-state index is -0.488. The van der Waals surface area contributed by atoms with Gasteiger partial charge in [0.05, 0.1) is 6.54 Å². The van der Waals surface area contributed by atoms with E-state index in [1.54, 1.807) is 30.3 Å². The van der Waals surface area contributed by atoms with Crippen LogP contribution in [0.3, 0.4) is 0 Å². The van der Waals surface area contributed by atoms with Gasteiger partial charge in [-0.05, 0) is 42.8 Å². The molecule has 0 atom stereocenters. The predicted octanol–water partition coefficient (Wildman–Crippen LogP) is 3.60. The maximum Gasteiger partial charge on any atom is 0.263 e. The molecule has 0 aliphatic heterocycles. The van der Waals surface area contributed by atoms with Crippen molar-refractivity contribution in [2.24, 2.45) is 0 Å². The summed E-state index contributed by atoms with van der Waals surface area (Å²) in [4.78, 5) is 25.0. The van der Waals surface area contributed by atoms with E-state index < -0.39 is 11.5 Å². The van der Waals surface area contributed by atoms with Gasteiger partial charge in [0.15, 0.2) is 0 Å². The molecule has 0 spiro atoms. The number of carbonyl (C=O) groups is 1. The minimum Gasteiger partial charge on any atom is -0.322 e. The summed E-state index contributed by atoms with van der Waals surface area (Å²) in [7, 11) is 0. The second-order valence-corrected chi connectivity index (χ2v) is 5.77. The molecule has 5 heteroatoms. The molecule has 0 bridgehead atoms. The molecule has 0 fully saturated rings. The third kappa shape index (κ3) is 3.83. The SMILES string of the molecule is Cc1cccc(NC(=O)c2cccn(Cc3ccccc3F)c2=O)c1. The Hall–Kier alpha value is -3.21. The van der Waals surface area contributed by atoms with Crippen LogP contribution in [-0.4, -0.2) is 10.5 Å². The van der Waals surface area contributed by atoms with Gasteiger partial charge < -0.3 is 9.88 Å². The monoisotopic (exact) mass is 336 g/mol. The summed E-state index contributed by atoms with van der Waals surface area (Å²) in [5, 5.41) is 2.72. The fourth-order valence-electron chi connectivity index (χ4n) is 2.57. The van der Waals surface area contributed by atoms with E-state index in [1.807, 2.05) is 25.1 Å². The number of hydrogen-bond acceptors (Lipinski definition) is 2. The summed E-state index contributed by atoms with van der Waals surface area (Å²) in [5.74, 6) is -0.873. The van der Waals surface area contributed by atoms with E-state index in [9.17, 15) is 14.0 Å². The van der Waals surface area contributed by atoms with Gasteiger partial charge in [0.2, 0.25) is 0 Å². The van der Waals surface area contributed by atoms with Gasteiger partial charge in [0, 0.05) is 17.4 Å². The van der Waals surface area contributed by atoms with Gasteiger partial charge >= 0.3 is 0 Å². The number of aryl methyl sites for hydroxylation is 1. The lowest BCUT2D eigenvalue weighted by molar-refractivity contribution is 0.102. The van der Waals surface area contributed by atoms with E-state index in [4.69, 9.17) is 0 Å². The highest BCUT2D eigenvalue weighted by molar-refractivity contribution is 6.04. The lowest BCUT2D eigenvalue weighted by atomic mass is 10.2. The van der Waals surface area contributed by atoms with Crippen molar-refractivity contribution in [3.8, 4) is 0 Å². The zero-order valence-corrected chi connectivity index (χ0v) is 13.7. The van der Waals surface area contributed by atoms with E-state index in [-0.39, 0.29) is 17.9 Å². The molecule has 0 radical (unpaired) electrons. The second kappa shape index (κ2) is 7.13. The Morgan fingerprint density at radius 3 is 2.64 bits per heavy atom. The van der Waals surface area contributed by atoms with Gasteiger partial charge in [0.25, 0.3) is 11.5 Å². The summed E-state index contributed by atoms with van der Waals surface area (Å²) in [6.45, 7) is 1.98. The highest BCUT2D eigenvalue weighted by Crippen LogP contribution is 2.11. The minimum absolute atomic E-state index is 0.0142. The summed E-state index contributed by atoms with van der Waals surface area (Å²) in [5.41, 5.74) is 1.56. The Balaban J connectivity index is 1.87. The fraction of sp³-hybridized carbons (Fsp3) is 0.100. The Kier molecular flexibility index (Phi) is 4.75. The molecule has 1 amide bonds. The van der Waals surface area contributed by atoms with Crippen molar-refractivity contribution in [2.45, 2.75) is 13.5 Å². The van der Waals surface area contributed by atoms with Crippen molar-refractivity contribution >= 4 is 11.6 Å². The molecule has 3 aromatic rings. The third-order valence-corrected chi connectivity index (χ3v) is 3.84. The molecule has 1 heterocycles. The molecular formula is C20H17FN2O2. The van der Waals surface area contributed by atoms with Gasteiger partial charge in [-0.2, -0.15) is 0 Å². The summed E-state index contributed by atoms with van der Waals surface area (Å²) >= 11 is 0. The summed E-state index contributed by atoms with van der Waals surface area (Å²) in [6, 6.07) is 16.6. The number of rotatable bonds is 4. The van der Waals surface area contributed by atoms with Gasteiger partial charge in [-0.25, -0.2) is 4.39 Å². The van der Waals surface area contributed by atoms with E-state index in [0.717, 1.165) is 5.56 Å². The first-order chi connectivity index (χ1) is 12.0. The quantitative estimate of drug-likeness (QED) is 0.791. The molecule has 0 aliphatic rings. The van der Waals surface area contributed by atoms with Crippen LogP contribution in [0.25, 0.3) is 0 Å². The topological polar surface area (TPSA) is 51.1 Å². The van der Waals surface area contributed by atoms with Crippen molar-refractivity contribution in [1.29, 1.82) is 0 Å². The van der Waals surface area contributed by atoms with E-state index in [1.165, 1.54) is 22.9 Å². The molecule has 126 valence electrons. The number of benzene rings is 2. The van der Waals surface area contributed by atoms with Gasteiger partial charge in [-0.15, -0.1) is 0 Å². The van der Waals surface area contributed by atoms with Crippen LogP contribution < -0.4 is 10.9 Å². The van der Waals surface area contributed by atoms with Crippen LogP contribution in [0.1, 0.15) is 21.5 Å². The number of carbonyl (C=O) groups excluding carboxylic acids is 1. The number of nitrogens with one attached hydrogen (secondary N) is 1. The molecule has 0 saturated carbocycles. The first kappa shape index (κ1) is 16.6. The van der Waals surface area contributed by atoms with Crippen LogP contribution in [0.2, 0.25) is 0 Å². The van der Waals surface area contributed by atoms with E-state index in [0.29, 0.717) is 11.3 Å². The van der Waals surface area contributed by atoms with E-state index >= 15 is 0 Å². The first-order valence-corrected chi connectivity index (χ1v) is 7.85. The highest BCUT2D eigenvalue weighted by atomic mass is 19.1. The predicted molar refractivity (Wildman–Crippen MR) is 95.3 cm³/mol. The number of nitrogens with zero attached hydrogens (tertiary/aromatic N) is 1. The average Bonchev–Trinajstić information content (AvgIpc) is 2.58. The van der Waals surface area contributed by atoms with Gasteiger partial charge in [-0.3, -0.25) is 9.59 Å². The third-order valence-electron chi connectivity index (χ3n) is 3.84. The highest BCUT2D eigenvalue weighted by Gasteiger charge is 2.13. The second-order valence-electron chi connectivity index (χ2n) is 5.77. The van der Waals surface area contributed by atoms with Crippen molar-refractivity contribution in [1.82, 2.24) is 4.57 Å². The number of amides is 1. The van der Waals surface area contributed by atoms with Crippen LogP contribution in [0, 0.1) is 12.7 Å². The largest absolute Gasteiger partial charge is 0.322 e. The fourth-order valence-corrected chi connectivity index (χ4v) is 2.57. The number of hydrogen-bond donors (Lipinski definition) is 1.